The number of carbonyl (C=O) groups excluding carboxylic acids is 1. The van der Waals surface area contributed by atoms with Crippen molar-refractivity contribution in [3.63, 3.8) is 0 Å². The Morgan fingerprint density at radius 2 is 1.89 bits per heavy atom. The lowest BCUT2D eigenvalue weighted by Crippen LogP contribution is -2.52. The van der Waals surface area contributed by atoms with E-state index in [9.17, 15) is 14.7 Å². The molecule has 0 aromatic carbocycles. The van der Waals surface area contributed by atoms with Crippen molar-refractivity contribution in [2.45, 2.75) is 57.1 Å². The first kappa shape index (κ1) is 15.9. The maximum Gasteiger partial charge on any atom is 0.306 e. The highest BCUT2D eigenvalue weighted by molar-refractivity contribution is 5.75. The van der Waals surface area contributed by atoms with Gasteiger partial charge in [-0.25, -0.2) is 0 Å². The monoisotopic (exact) mass is 272 g/mol. The summed E-state index contributed by atoms with van der Waals surface area (Å²) in [5.74, 6) is -1.53. The zero-order valence-corrected chi connectivity index (χ0v) is 11.6. The molecule has 19 heavy (non-hydrogen) atoms. The van der Waals surface area contributed by atoms with Gasteiger partial charge in [-0.1, -0.05) is 0 Å². The highest BCUT2D eigenvalue weighted by Gasteiger charge is 2.36. The van der Waals surface area contributed by atoms with Gasteiger partial charge in [-0.2, -0.15) is 0 Å². The number of primary amides is 1. The van der Waals surface area contributed by atoms with E-state index in [1.54, 1.807) is 0 Å². The predicted octanol–water partition coefficient (Wildman–Crippen LogP) is 0.236. The van der Waals surface area contributed by atoms with Gasteiger partial charge >= 0.3 is 5.97 Å². The molecule has 0 radical (unpaired) electrons. The molecule has 0 heterocycles. The van der Waals surface area contributed by atoms with E-state index in [1.807, 2.05) is 13.8 Å². The summed E-state index contributed by atoms with van der Waals surface area (Å²) in [6.45, 7) is 4.05. The Morgan fingerprint density at radius 3 is 2.32 bits per heavy atom. The Balaban J connectivity index is 2.45. The SMILES string of the molecule is CC(C)(CC(N)=O)NCC1(O)CCC(C(=O)O)CC1. The van der Waals surface area contributed by atoms with Gasteiger partial charge in [-0.3, -0.25) is 9.59 Å². The lowest BCUT2D eigenvalue weighted by atomic mass is 9.78. The number of hydrogen-bond acceptors (Lipinski definition) is 4. The van der Waals surface area contributed by atoms with Crippen LogP contribution < -0.4 is 11.1 Å². The van der Waals surface area contributed by atoms with E-state index in [1.165, 1.54) is 0 Å². The minimum atomic E-state index is -0.888. The summed E-state index contributed by atoms with van der Waals surface area (Å²) in [6, 6.07) is 0. The van der Waals surface area contributed by atoms with Gasteiger partial charge in [-0.15, -0.1) is 0 Å². The minimum Gasteiger partial charge on any atom is -0.481 e. The molecule has 6 heteroatoms. The van der Waals surface area contributed by atoms with Crippen molar-refractivity contribution in [3.05, 3.63) is 0 Å². The standard InChI is InChI=1S/C13H24N2O4/c1-12(2,7-10(14)16)15-8-13(19)5-3-9(4-6-13)11(17)18/h9,15,19H,3-8H2,1-2H3,(H2,14,16)(H,17,18). The summed E-state index contributed by atoms with van der Waals surface area (Å²) in [6.07, 6.45) is 2.10. The van der Waals surface area contributed by atoms with Crippen LogP contribution in [0.3, 0.4) is 0 Å². The van der Waals surface area contributed by atoms with Crippen LogP contribution in [0, 0.1) is 5.92 Å². The van der Waals surface area contributed by atoms with Gasteiger partial charge in [0.2, 0.25) is 5.91 Å². The molecule has 6 nitrogen and oxygen atoms in total. The molecule has 1 fully saturated rings. The van der Waals surface area contributed by atoms with Crippen LogP contribution >= 0.6 is 0 Å². The van der Waals surface area contributed by atoms with Gasteiger partial charge in [0.05, 0.1) is 11.5 Å². The van der Waals surface area contributed by atoms with Crippen molar-refractivity contribution in [1.82, 2.24) is 5.32 Å². The van der Waals surface area contributed by atoms with Crippen molar-refractivity contribution in [3.8, 4) is 0 Å². The van der Waals surface area contributed by atoms with Crippen LogP contribution in [-0.4, -0.2) is 39.8 Å². The van der Waals surface area contributed by atoms with E-state index in [0.717, 1.165) is 0 Å². The second kappa shape index (κ2) is 5.88. The number of aliphatic hydroxyl groups is 1. The summed E-state index contributed by atoms with van der Waals surface area (Å²) in [4.78, 5) is 21.8. The minimum absolute atomic E-state index is 0.195. The first-order chi connectivity index (χ1) is 8.64. The van der Waals surface area contributed by atoms with Crippen LogP contribution in [0.5, 0.6) is 0 Å². The van der Waals surface area contributed by atoms with E-state index >= 15 is 0 Å². The molecule has 0 spiro atoms. The van der Waals surface area contributed by atoms with E-state index in [4.69, 9.17) is 10.8 Å². The Hall–Kier alpha value is -1.14. The fraction of sp³-hybridized carbons (Fsp3) is 0.846. The summed E-state index contributed by atoms with van der Waals surface area (Å²) in [5.41, 5.74) is 3.81. The number of hydrogen-bond donors (Lipinski definition) is 4. The number of aliphatic carboxylic acids is 1. The number of carboxylic acids is 1. The highest BCUT2D eigenvalue weighted by Crippen LogP contribution is 2.32. The van der Waals surface area contributed by atoms with Crippen LogP contribution in [0.1, 0.15) is 46.0 Å². The van der Waals surface area contributed by atoms with Gasteiger partial charge in [0.1, 0.15) is 0 Å². The first-order valence-corrected chi connectivity index (χ1v) is 6.62. The molecule has 110 valence electrons. The molecule has 5 N–H and O–H groups in total. The Labute approximate surface area is 113 Å². The van der Waals surface area contributed by atoms with Crippen LogP contribution in [0.4, 0.5) is 0 Å². The van der Waals surface area contributed by atoms with Crippen molar-refractivity contribution in [2.75, 3.05) is 6.54 Å². The second-order valence-electron chi connectivity index (χ2n) is 6.22. The summed E-state index contributed by atoms with van der Waals surface area (Å²) in [7, 11) is 0. The van der Waals surface area contributed by atoms with Crippen LogP contribution in [0.15, 0.2) is 0 Å². The fourth-order valence-electron chi connectivity index (χ4n) is 2.48. The largest absolute Gasteiger partial charge is 0.481 e. The van der Waals surface area contributed by atoms with Gasteiger partial charge in [0, 0.05) is 18.5 Å². The third kappa shape index (κ3) is 5.16. The Kier molecular flexibility index (Phi) is 4.92. The normalized spacial score (nSPS) is 28.1. The van der Waals surface area contributed by atoms with E-state index in [-0.39, 0.29) is 18.2 Å². The Morgan fingerprint density at radius 1 is 1.37 bits per heavy atom. The van der Waals surface area contributed by atoms with Crippen molar-refractivity contribution in [2.24, 2.45) is 11.7 Å². The third-order valence-electron chi connectivity index (χ3n) is 3.78. The topological polar surface area (TPSA) is 113 Å². The molecule has 0 atom stereocenters. The van der Waals surface area contributed by atoms with E-state index < -0.39 is 17.1 Å². The Bertz CT molecular complexity index is 347. The molecule has 0 saturated heterocycles. The number of nitrogens with one attached hydrogen (secondary N) is 1. The van der Waals surface area contributed by atoms with E-state index in [2.05, 4.69) is 5.32 Å². The number of rotatable bonds is 6. The predicted molar refractivity (Wildman–Crippen MR) is 70.4 cm³/mol. The molecule has 1 saturated carbocycles. The van der Waals surface area contributed by atoms with E-state index in [0.29, 0.717) is 32.2 Å². The van der Waals surface area contributed by atoms with Crippen molar-refractivity contribution >= 4 is 11.9 Å². The molecule has 0 aromatic rings. The zero-order valence-electron chi connectivity index (χ0n) is 11.6. The van der Waals surface area contributed by atoms with Crippen molar-refractivity contribution < 1.29 is 19.8 Å². The lowest BCUT2D eigenvalue weighted by Gasteiger charge is -2.37. The highest BCUT2D eigenvalue weighted by atomic mass is 16.4. The third-order valence-corrected chi connectivity index (χ3v) is 3.78. The van der Waals surface area contributed by atoms with Gasteiger partial charge in [-0.05, 0) is 39.5 Å². The summed E-state index contributed by atoms with van der Waals surface area (Å²) >= 11 is 0. The fourth-order valence-corrected chi connectivity index (χ4v) is 2.48. The van der Waals surface area contributed by atoms with Crippen LogP contribution in [0.2, 0.25) is 0 Å². The number of nitrogens with two attached hydrogens (primary N) is 1. The maximum atomic E-state index is 10.9. The molecule has 0 bridgehead atoms. The molecular formula is C13H24N2O4. The average Bonchev–Trinajstić information content (AvgIpc) is 2.26. The molecule has 0 aliphatic heterocycles. The quantitative estimate of drug-likeness (QED) is 0.553. The summed E-state index contributed by atoms with van der Waals surface area (Å²) < 4.78 is 0. The molecule has 1 rings (SSSR count). The average molecular weight is 272 g/mol. The van der Waals surface area contributed by atoms with Gasteiger partial charge < -0.3 is 21.3 Å². The smallest absolute Gasteiger partial charge is 0.306 e. The maximum absolute atomic E-state index is 10.9. The molecule has 1 amide bonds. The molecule has 0 unspecified atom stereocenters. The second-order valence-corrected chi connectivity index (χ2v) is 6.22. The number of carbonyl (C=O) groups is 2. The first-order valence-electron chi connectivity index (χ1n) is 6.62. The number of carboxylic acid groups (broad SMARTS) is 1. The zero-order chi connectivity index (χ0) is 14.7. The molecule has 1 aliphatic rings. The molecular weight excluding hydrogens is 248 g/mol. The van der Waals surface area contributed by atoms with Crippen LogP contribution in [-0.2, 0) is 9.59 Å². The van der Waals surface area contributed by atoms with Crippen LogP contribution in [0.25, 0.3) is 0 Å². The lowest BCUT2D eigenvalue weighted by molar-refractivity contribution is -0.144. The van der Waals surface area contributed by atoms with Crippen molar-refractivity contribution in [1.29, 1.82) is 0 Å². The molecule has 1 aliphatic carbocycles. The number of β-amino-alcohol motifs (C(OH)–C–C–N with tert-alkyl or cyclic N) is 1. The van der Waals surface area contributed by atoms with Gasteiger partial charge in [0.25, 0.3) is 0 Å². The van der Waals surface area contributed by atoms with Gasteiger partial charge in [0.15, 0.2) is 0 Å². The number of amides is 1. The molecule has 0 aromatic heterocycles. The summed E-state index contributed by atoms with van der Waals surface area (Å²) in [5, 5.41) is 22.5.